The molecule has 0 N–H and O–H groups in total. The van der Waals surface area contributed by atoms with E-state index < -0.39 is 12.1 Å². The van der Waals surface area contributed by atoms with E-state index in [2.05, 4.69) is 6.92 Å². The van der Waals surface area contributed by atoms with E-state index in [1.165, 1.54) is 5.56 Å². The number of fused-ring (bicyclic) bond motifs is 1. The Kier molecular flexibility index (Phi) is 7.55. The molecular weight excluding hydrogens is 474 g/mol. The Balaban J connectivity index is 1.65. The number of hydrogen-bond acceptors (Lipinski definition) is 4. The van der Waals surface area contributed by atoms with Crippen molar-refractivity contribution in [2.24, 2.45) is 0 Å². The number of unbranched alkanes of at least 4 members (excludes halogenated alkanes) is 1. The highest BCUT2D eigenvalue weighted by Crippen LogP contribution is 2.40. The van der Waals surface area contributed by atoms with Gasteiger partial charge in [0.05, 0.1) is 12.7 Å². The normalized spacial score (nSPS) is 16.3. The number of Topliss-reactive ketones (excluding diaryl/α,β-unsaturated/α-hetero) is 1. The first-order valence-corrected chi connectivity index (χ1v) is 13.0. The third kappa shape index (κ3) is 5.05. The van der Waals surface area contributed by atoms with E-state index in [0.717, 1.165) is 24.8 Å². The fourth-order valence-corrected chi connectivity index (χ4v) is 4.90. The Morgan fingerprint density at radius 1 is 0.868 bits per heavy atom. The molecule has 2 atom stereocenters. The van der Waals surface area contributed by atoms with Gasteiger partial charge in [0.15, 0.2) is 11.9 Å². The highest BCUT2D eigenvalue weighted by molar-refractivity contribution is 6.14. The van der Waals surface area contributed by atoms with E-state index in [0.29, 0.717) is 28.3 Å². The number of benzene rings is 4. The Labute approximate surface area is 223 Å². The number of anilines is 1. The van der Waals surface area contributed by atoms with Crippen LogP contribution in [-0.2, 0) is 6.42 Å². The Bertz CT molecular complexity index is 1400. The minimum absolute atomic E-state index is 0.160. The van der Waals surface area contributed by atoms with Crippen molar-refractivity contribution in [1.82, 2.24) is 0 Å². The van der Waals surface area contributed by atoms with Gasteiger partial charge in [0.25, 0.3) is 5.91 Å². The Morgan fingerprint density at radius 3 is 2.24 bits per heavy atom. The van der Waals surface area contributed by atoms with Crippen LogP contribution in [0.3, 0.4) is 0 Å². The summed E-state index contributed by atoms with van der Waals surface area (Å²) in [6.07, 6.45) is 2.46. The number of methoxy groups -OCH3 is 1. The molecule has 1 heterocycles. The maximum atomic E-state index is 14.2. The van der Waals surface area contributed by atoms with Gasteiger partial charge in [-0.05, 0) is 72.5 Å². The van der Waals surface area contributed by atoms with Crippen LogP contribution >= 0.6 is 0 Å². The van der Waals surface area contributed by atoms with E-state index >= 15 is 0 Å². The largest absolute Gasteiger partial charge is 0.497 e. The second kappa shape index (κ2) is 11.3. The number of amides is 1. The van der Waals surface area contributed by atoms with E-state index in [9.17, 15) is 9.59 Å². The van der Waals surface area contributed by atoms with Crippen LogP contribution in [-0.4, -0.2) is 24.8 Å². The highest BCUT2D eigenvalue weighted by atomic mass is 16.5. The van der Waals surface area contributed by atoms with E-state index in [1.807, 2.05) is 78.9 Å². The second-order valence-corrected chi connectivity index (χ2v) is 9.43. The smallest absolute Gasteiger partial charge is 0.259 e. The summed E-state index contributed by atoms with van der Waals surface area (Å²) in [5.74, 6) is 0.795. The molecule has 5 nitrogen and oxygen atoms in total. The molecule has 4 aromatic rings. The lowest BCUT2D eigenvalue weighted by Gasteiger charge is -2.39. The lowest BCUT2D eigenvalue weighted by molar-refractivity contribution is 0.0730. The average Bonchev–Trinajstić information content (AvgIpc) is 2.98. The van der Waals surface area contributed by atoms with Crippen LogP contribution in [0.25, 0.3) is 0 Å². The first-order valence-electron chi connectivity index (χ1n) is 13.0. The lowest BCUT2D eigenvalue weighted by Crippen LogP contribution is -2.52. The standard InChI is InChI=1S/C33H31NO4/c1-3-4-10-23-15-19-26(20-16-23)34(33(36)25-11-6-5-7-12-25)30-31(35)28-13-8-9-14-29(28)38-32(30)24-17-21-27(37-2)22-18-24/h5-9,11-22,30,32H,3-4,10H2,1-2H3. The SMILES string of the molecule is CCCCc1ccc(N(C(=O)c2ccccc2)C2C(=O)c3ccccc3OC2c2ccc(OC)cc2)cc1. The zero-order valence-corrected chi connectivity index (χ0v) is 21.7. The van der Waals surface area contributed by atoms with Gasteiger partial charge in [0.1, 0.15) is 17.5 Å². The van der Waals surface area contributed by atoms with Crippen LogP contribution in [0.2, 0.25) is 0 Å². The van der Waals surface area contributed by atoms with Gasteiger partial charge in [-0.2, -0.15) is 0 Å². The minimum Gasteiger partial charge on any atom is -0.497 e. The van der Waals surface area contributed by atoms with Gasteiger partial charge in [-0.25, -0.2) is 0 Å². The molecule has 0 radical (unpaired) electrons. The first-order chi connectivity index (χ1) is 18.6. The molecule has 1 aliphatic rings. The van der Waals surface area contributed by atoms with Crippen molar-refractivity contribution < 1.29 is 19.1 Å². The summed E-state index contributed by atoms with van der Waals surface area (Å²) >= 11 is 0. The number of carbonyl (C=O) groups is 2. The molecule has 1 amide bonds. The van der Waals surface area contributed by atoms with Crippen molar-refractivity contribution in [3.8, 4) is 11.5 Å². The van der Waals surface area contributed by atoms with Crippen LogP contribution in [0.4, 0.5) is 5.69 Å². The maximum Gasteiger partial charge on any atom is 0.259 e. The van der Waals surface area contributed by atoms with Gasteiger partial charge in [-0.1, -0.05) is 67.9 Å². The molecule has 0 fully saturated rings. The molecule has 0 aliphatic carbocycles. The molecule has 2 unspecified atom stereocenters. The number of ether oxygens (including phenoxy) is 2. The van der Waals surface area contributed by atoms with Gasteiger partial charge >= 0.3 is 0 Å². The molecule has 0 saturated heterocycles. The molecule has 5 rings (SSSR count). The Morgan fingerprint density at radius 2 is 1.55 bits per heavy atom. The summed E-state index contributed by atoms with van der Waals surface area (Å²) in [5, 5.41) is 0. The van der Waals surface area contributed by atoms with Crippen molar-refractivity contribution in [1.29, 1.82) is 0 Å². The number of aryl methyl sites for hydroxylation is 1. The van der Waals surface area contributed by atoms with Crippen molar-refractivity contribution in [2.75, 3.05) is 12.0 Å². The number of carbonyl (C=O) groups excluding carboxylic acids is 2. The molecule has 4 aromatic carbocycles. The average molecular weight is 506 g/mol. The zero-order valence-electron chi connectivity index (χ0n) is 21.7. The van der Waals surface area contributed by atoms with Crippen molar-refractivity contribution in [3.05, 3.63) is 125 Å². The topological polar surface area (TPSA) is 55.8 Å². The fourth-order valence-electron chi connectivity index (χ4n) is 4.90. The summed E-state index contributed by atoms with van der Waals surface area (Å²) in [5.41, 5.74) is 3.60. The first kappa shape index (κ1) is 25.3. The van der Waals surface area contributed by atoms with Gasteiger partial charge in [0, 0.05) is 11.3 Å². The van der Waals surface area contributed by atoms with Crippen molar-refractivity contribution >= 4 is 17.4 Å². The summed E-state index contributed by atoms with van der Waals surface area (Å²) in [4.78, 5) is 29.9. The maximum absolute atomic E-state index is 14.2. The van der Waals surface area contributed by atoms with Gasteiger partial charge in [0.2, 0.25) is 0 Å². The van der Waals surface area contributed by atoms with Crippen molar-refractivity contribution in [2.45, 2.75) is 38.3 Å². The number of ketones is 1. The number of hydrogen-bond donors (Lipinski definition) is 0. The van der Waals surface area contributed by atoms with Crippen LogP contribution in [0.5, 0.6) is 11.5 Å². The van der Waals surface area contributed by atoms with Gasteiger partial charge in [-0.15, -0.1) is 0 Å². The zero-order chi connectivity index (χ0) is 26.5. The van der Waals surface area contributed by atoms with E-state index in [4.69, 9.17) is 9.47 Å². The van der Waals surface area contributed by atoms with E-state index in [-0.39, 0.29) is 11.7 Å². The highest BCUT2D eigenvalue weighted by Gasteiger charge is 2.44. The van der Waals surface area contributed by atoms with Gasteiger partial charge < -0.3 is 9.47 Å². The third-order valence-electron chi connectivity index (χ3n) is 6.96. The Hall–Kier alpha value is -4.38. The summed E-state index contributed by atoms with van der Waals surface area (Å²) in [7, 11) is 1.61. The monoisotopic (exact) mass is 505 g/mol. The predicted molar refractivity (Wildman–Crippen MR) is 149 cm³/mol. The third-order valence-corrected chi connectivity index (χ3v) is 6.96. The molecule has 0 saturated carbocycles. The van der Waals surface area contributed by atoms with Crippen LogP contribution in [0.1, 0.15) is 57.7 Å². The fraction of sp³-hybridized carbons (Fsp3) is 0.212. The molecule has 0 aromatic heterocycles. The molecule has 5 heteroatoms. The van der Waals surface area contributed by atoms with Crippen molar-refractivity contribution in [3.63, 3.8) is 0 Å². The minimum atomic E-state index is -0.910. The van der Waals surface area contributed by atoms with Crippen LogP contribution in [0, 0.1) is 0 Å². The molecule has 38 heavy (non-hydrogen) atoms. The molecular formula is C33H31NO4. The number of nitrogens with zero attached hydrogens (tertiary/aromatic N) is 1. The molecule has 0 spiro atoms. The summed E-state index contributed by atoms with van der Waals surface area (Å²) < 4.78 is 11.8. The number of rotatable bonds is 8. The van der Waals surface area contributed by atoms with Crippen LogP contribution < -0.4 is 14.4 Å². The lowest BCUT2D eigenvalue weighted by atomic mass is 9.89. The summed E-state index contributed by atoms with van der Waals surface area (Å²) in [6.45, 7) is 2.17. The number of para-hydroxylation sites is 1. The molecule has 1 aliphatic heterocycles. The van der Waals surface area contributed by atoms with E-state index in [1.54, 1.807) is 36.3 Å². The second-order valence-electron chi connectivity index (χ2n) is 9.43. The quantitative estimate of drug-likeness (QED) is 0.257. The molecule has 0 bridgehead atoms. The molecule has 192 valence electrons. The van der Waals surface area contributed by atoms with Gasteiger partial charge in [-0.3, -0.25) is 14.5 Å². The predicted octanol–water partition coefficient (Wildman–Crippen LogP) is 7.07. The summed E-state index contributed by atoms with van der Waals surface area (Å²) in [6, 6.07) is 30.8. The van der Waals surface area contributed by atoms with Crippen LogP contribution in [0.15, 0.2) is 103 Å².